The highest BCUT2D eigenvalue weighted by molar-refractivity contribution is 6.10. The van der Waals surface area contributed by atoms with Crippen LogP contribution in [0.25, 0.3) is 0 Å². The van der Waals surface area contributed by atoms with Gasteiger partial charge in [-0.3, -0.25) is 4.79 Å². The van der Waals surface area contributed by atoms with Crippen LogP contribution in [0.2, 0.25) is 0 Å². The zero-order valence-electron chi connectivity index (χ0n) is 19.1. The third-order valence-corrected chi connectivity index (χ3v) is 5.47. The summed E-state index contributed by atoms with van der Waals surface area (Å²) in [6.07, 6.45) is 0. The summed E-state index contributed by atoms with van der Waals surface area (Å²) in [4.78, 5) is 15.6. The number of anilines is 3. The molecule has 4 aromatic rings. The summed E-state index contributed by atoms with van der Waals surface area (Å²) in [6.45, 7) is 0.162. The maximum absolute atomic E-state index is 14.0. The number of carbonyl (C=O) groups is 1. The topological polar surface area (TPSA) is 71.0 Å². The van der Waals surface area contributed by atoms with E-state index in [0.717, 1.165) is 5.69 Å². The third kappa shape index (κ3) is 4.81. The predicted octanol–water partition coefficient (Wildman–Crippen LogP) is 6.00. The standard InChI is InChI=1S/C28H26N2O4/c1-33-26-17-9-6-14-23(26)29-22-13-5-4-12-21(22)28(32)30(19-20-11-3-8-16-25(20)31)24-15-7-10-18-27(24)34-2/h3-18,29,31H,19H2,1-2H3. The van der Waals surface area contributed by atoms with Gasteiger partial charge in [-0.1, -0.05) is 54.6 Å². The molecule has 6 nitrogen and oxygen atoms in total. The number of ether oxygens (including phenoxy) is 2. The van der Waals surface area contributed by atoms with E-state index in [-0.39, 0.29) is 18.2 Å². The predicted molar refractivity (Wildman–Crippen MR) is 134 cm³/mol. The molecular formula is C28H26N2O4. The van der Waals surface area contributed by atoms with Crippen molar-refractivity contribution in [3.8, 4) is 17.2 Å². The fourth-order valence-corrected chi connectivity index (χ4v) is 3.75. The second-order valence-corrected chi connectivity index (χ2v) is 7.56. The van der Waals surface area contributed by atoms with Gasteiger partial charge in [-0.2, -0.15) is 0 Å². The third-order valence-electron chi connectivity index (χ3n) is 5.47. The first-order valence-corrected chi connectivity index (χ1v) is 10.8. The number of nitrogens with zero attached hydrogens (tertiary/aromatic N) is 1. The summed E-state index contributed by atoms with van der Waals surface area (Å²) >= 11 is 0. The highest BCUT2D eigenvalue weighted by atomic mass is 16.5. The van der Waals surface area contributed by atoms with E-state index in [1.54, 1.807) is 49.5 Å². The van der Waals surface area contributed by atoms with Gasteiger partial charge in [-0.25, -0.2) is 0 Å². The number of aromatic hydroxyl groups is 1. The maximum atomic E-state index is 14.0. The van der Waals surface area contributed by atoms with E-state index in [4.69, 9.17) is 9.47 Å². The molecule has 0 aliphatic rings. The Labute approximate surface area is 199 Å². The van der Waals surface area contributed by atoms with E-state index >= 15 is 0 Å². The Morgan fingerprint density at radius 2 is 1.35 bits per heavy atom. The number of benzene rings is 4. The molecule has 0 spiro atoms. The van der Waals surface area contributed by atoms with Gasteiger partial charge in [0, 0.05) is 5.56 Å². The molecular weight excluding hydrogens is 428 g/mol. The highest BCUT2D eigenvalue weighted by Crippen LogP contribution is 2.34. The quantitative estimate of drug-likeness (QED) is 0.342. The maximum Gasteiger partial charge on any atom is 0.260 e. The smallest absolute Gasteiger partial charge is 0.260 e. The molecule has 2 N–H and O–H groups in total. The molecule has 0 aromatic heterocycles. The molecule has 0 aliphatic heterocycles. The van der Waals surface area contributed by atoms with Gasteiger partial charge in [0.25, 0.3) is 5.91 Å². The Balaban J connectivity index is 1.77. The number of amides is 1. The number of methoxy groups -OCH3 is 2. The zero-order valence-corrected chi connectivity index (χ0v) is 19.1. The van der Waals surface area contributed by atoms with Crippen molar-refractivity contribution in [2.24, 2.45) is 0 Å². The van der Waals surface area contributed by atoms with E-state index in [2.05, 4.69) is 5.32 Å². The molecule has 0 fully saturated rings. The summed E-state index contributed by atoms with van der Waals surface area (Å²) in [5, 5.41) is 13.7. The number of hydrogen-bond acceptors (Lipinski definition) is 5. The molecule has 1 amide bonds. The van der Waals surface area contributed by atoms with Gasteiger partial charge in [0.1, 0.15) is 17.2 Å². The van der Waals surface area contributed by atoms with Crippen LogP contribution in [0.3, 0.4) is 0 Å². The van der Waals surface area contributed by atoms with Gasteiger partial charge in [0.05, 0.1) is 43.4 Å². The fourth-order valence-electron chi connectivity index (χ4n) is 3.75. The number of nitrogens with one attached hydrogen (secondary N) is 1. The fraction of sp³-hybridized carbons (Fsp3) is 0.107. The zero-order chi connectivity index (χ0) is 23.9. The number of hydrogen-bond donors (Lipinski definition) is 2. The second kappa shape index (κ2) is 10.4. The minimum atomic E-state index is -0.245. The lowest BCUT2D eigenvalue weighted by Gasteiger charge is -2.26. The van der Waals surface area contributed by atoms with Gasteiger partial charge < -0.3 is 24.8 Å². The Kier molecular flexibility index (Phi) is 6.98. The number of phenols is 1. The minimum Gasteiger partial charge on any atom is -0.508 e. The van der Waals surface area contributed by atoms with Gasteiger partial charge in [-0.05, 0) is 42.5 Å². The highest BCUT2D eigenvalue weighted by Gasteiger charge is 2.24. The number of rotatable bonds is 8. The molecule has 0 radical (unpaired) electrons. The summed E-state index contributed by atoms with van der Waals surface area (Å²) < 4.78 is 11.0. The Bertz CT molecular complexity index is 1290. The van der Waals surface area contributed by atoms with Crippen molar-refractivity contribution in [2.75, 3.05) is 24.4 Å². The van der Waals surface area contributed by atoms with Crippen LogP contribution in [-0.2, 0) is 6.54 Å². The summed E-state index contributed by atoms with van der Waals surface area (Å²) in [5.74, 6) is 1.10. The van der Waals surface area contributed by atoms with Gasteiger partial charge in [0.15, 0.2) is 0 Å². The van der Waals surface area contributed by atoms with Crippen molar-refractivity contribution in [2.45, 2.75) is 6.54 Å². The van der Waals surface area contributed by atoms with E-state index in [1.165, 1.54) is 0 Å². The SMILES string of the molecule is COc1ccccc1Nc1ccccc1C(=O)N(Cc1ccccc1O)c1ccccc1OC. The van der Waals surface area contributed by atoms with Crippen LogP contribution in [0.4, 0.5) is 17.1 Å². The Morgan fingerprint density at radius 1 is 0.765 bits per heavy atom. The van der Waals surface area contributed by atoms with E-state index in [0.29, 0.717) is 34.0 Å². The van der Waals surface area contributed by atoms with Crippen molar-refractivity contribution in [1.29, 1.82) is 0 Å². The van der Waals surface area contributed by atoms with Crippen molar-refractivity contribution < 1.29 is 19.4 Å². The van der Waals surface area contributed by atoms with Gasteiger partial charge in [-0.15, -0.1) is 0 Å². The molecule has 0 heterocycles. The second-order valence-electron chi connectivity index (χ2n) is 7.56. The molecule has 34 heavy (non-hydrogen) atoms. The normalized spacial score (nSPS) is 10.4. The number of para-hydroxylation sites is 6. The molecule has 4 aromatic carbocycles. The molecule has 0 atom stereocenters. The lowest BCUT2D eigenvalue weighted by molar-refractivity contribution is 0.0985. The number of carbonyl (C=O) groups excluding carboxylic acids is 1. The molecule has 0 bridgehead atoms. The average molecular weight is 455 g/mol. The van der Waals surface area contributed by atoms with Crippen LogP contribution in [0, 0.1) is 0 Å². The van der Waals surface area contributed by atoms with Gasteiger partial charge >= 0.3 is 0 Å². The molecule has 0 saturated heterocycles. The van der Waals surface area contributed by atoms with Crippen LogP contribution in [0.5, 0.6) is 17.2 Å². The molecule has 172 valence electrons. The number of phenolic OH excluding ortho intramolecular Hbond substituents is 1. The van der Waals surface area contributed by atoms with Crippen LogP contribution >= 0.6 is 0 Å². The van der Waals surface area contributed by atoms with Crippen LogP contribution in [0.1, 0.15) is 15.9 Å². The largest absolute Gasteiger partial charge is 0.508 e. The Morgan fingerprint density at radius 3 is 2.09 bits per heavy atom. The average Bonchev–Trinajstić information content (AvgIpc) is 2.88. The molecule has 0 saturated carbocycles. The van der Waals surface area contributed by atoms with E-state index in [1.807, 2.05) is 66.7 Å². The molecule has 0 aliphatic carbocycles. The minimum absolute atomic E-state index is 0.121. The van der Waals surface area contributed by atoms with Crippen molar-refractivity contribution >= 4 is 23.0 Å². The van der Waals surface area contributed by atoms with Crippen LogP contribution in [-0.4, -0.2) is 25.2 Å². The molecule has 0 unspecified atom stereocenters. The molecule has 4 rings (SSSR count). The first-order chi connectivity index (χ1) is 16.6. The monoisotopic (exact) mass is 454 g/mol. The first-order valence-electron chi connectivity index (χ1n) is 10.8. The van der Waals surface area contributed by atoms with Crippen LogP contribution in [0.15, 0.2) is 97.1 Å². The lowest BCUT2D eigenvalue weighted by Crippen LogP contribution is -2.31. The van der Waals surface area contributed by atoms with E-state index < -0.39 is 0 Å². The molecule has 6 heteroatoms. The van der Waals surface area contributed by atoms with E-state index in [9.17, 15) is 9.90 Å². The van der Waals surface area contributed by atoms with Crippen molar-refractivity contribution in [3.63, 3.8) is 0 Å². The Hall–Kier alpha value is -4.45. The lowest BCUT2D eigenvalue weighted by atomic mass is 10.1. The van der Waals surface area contributed by atoms with Crippen LogP contribution < -0.4 is 19.7 Å². The summed E-state index contributed by atoms with van der Waals surface area (Å²) in [7, 11) is 3.17. The van der Waals surface area contributed by atoms with Crippen molar-refractivity contribution in [3.05, 3.63) is 108 Å². The summed E-state index contributed by atoms with van der Waals surface area (Å²) in [6, 6.07) is 29.1. The van der Waals surface area contributed by atoms with Crippen molar-refractivity contribution in [1.82, 2.24) is 0 Å². The first kappa shape index (κ1) is 22.7. The van der Waals surface area contributed by atoms with Gasteiger partial charge in [0.2, 0.25) is 0 Å². The summed E-state index contributed by atoms with van der Waals surface area (Å²) in [5.41, 5.74) is 3.07.